The van der Waals surface area contributed by atoms with Crippen molar-refractivity contribution in [3.63, 3.8) is 0 Å². The first-order valence-electron chi connectivity index (χ1n) is 8.78. The van der Waals surface area contributed by atoms with Crippen molar-refractivity contribution >= 4 is 5.78 Å². The van der Waals surface area contributed by atoms with E-state index in [0.29, 0.717) is 23.5 Å². The second-order valence-corrected chi connectivity index (χ2v) is 5.96. The summed E-state index contributed by atoms with van der Waals surface area (Å²) in [6.07, 6.45) is 7.18. The normalized spacial score (nSPS) is 10.5. The fourth-order valence-corrected chi connectivity index (χ4v) is 2.66. The number of phenols is 1. The average molecular weight is 326 g/mol. The summed E-state index contributed by atoms with van der Waals surface area (Å²) in [4.78, 5) is 12.7. The van der Waals surface area contributed by atoms with Crippen LogP contribution in [0.4, 0.5) is 0 Å². The van der Waals surface area contributed by atoms with E-state index in [1.807, 2.05) is 18.2 Å². The van der Waals surface area contributed by atoms with Crippen molar-refractivity contribution < 1.29 is 14.6 Å². The maximum Gasteiger partial charge on any atom is 0.200 e. The van der Waals surface area contributed by atoms with Crippen molar-refractivity contribution in [2.45, 2.75) is 45.4 Å². The number of unbranched alkanes of at least 4 members (excludes halogenated alkanes) is 5. The Balaban J connectivity index is 1.95. The third-order valence-electron chi connectivity index (χ3n) is 4.04. The minimum Gasteiger partial charge on any atom is -0.507 e. The monoisotopic (exact) mass is 326 g/mol. The van der Waals surface area contributed by atoms with Crippen molar-refractivity contribution in [2.24, 2.45) is 0 Å². The van der Waals surface area contributed by atoms with Crippen LogP contribution in [-0.4, -0.2) is 17.5 Å². The molecule has 2 aromatic carbocycles. The fraction of sp³-hybridized carbons (Fsp3) is 0.381. The number of carbonyl (C=O) groups excluding carboxylic acids is 1. The number of ether oxygens (including phenoxy) is 1. The molecule has 3 nitrogen and oxygen atoms in total. The molecule has 128 valence electrons. The Bertz CT molecular complexity index is 649. The molecule has 0 aliphatic rings. The summed E-state index contributed by atoms with van der Waals surface area (Å²) in [6.45, 7) is 2.82. The van der Waals surface area contributed by atoms with Gasteiger partial charge < -0.3 is 9.84 Å². The molecule has 0 saturated heterocycles. The molecule has 0 heterocycles. The van der Waals surface area contributed by atoms with Gasteiger partial charge in [-0.3, -0.25) is 4.79 Å². The first kappa shape index (κ1) is 18.1. The van der Waals surface area contributed by atoms with Crippen LogP contribution in [0.2, 0.25) is 0 Å². The second-order valence-electron chi connectivity index (χ2n) is 5.96. The Labute approximate surface area is 144 Å². The van der Waals surface area contributed by atoms with Crippen LogP contribution in [0, 0.1) is 0 Å². The van der Waals surface area contributed by atoms with Gasteiger partial charge >= 0.3 is 0 Å². The van der Waals surface area contributed by atoms with Gasteiger partial charge in [0, 0.05) is 0 Å². The summed E-state index contributed by atoms with van der Waals surface area (Å²) >= 11 is 0. The van der Waals surface area contributed by atoms with E-state index in [4.69, 9.17) is 4.74 Å². The first-order chi connectivity index (χ1) is 11.7. The third-order valence-corrected chi connectivity index (χ3v) is 4.04. The summed E-state index contributed by atoms with van der Waals surface area (Å²) in [5, 5.41) is 9.89. The van der Waals surface area contributed by atoms with Gasteiger partial charge in [-0.1, -0.05) is 63.3 Å². The molecule has 0 amide bonds. The number of benzene rings is 2. The fourth-order valence-electron chi connectivity index (χ4n) is 2.66. The zero-order valence-electron chi connectivity index (χ0n) is 14.3. The van der Waals surface area contributed by atoms with Crippen molar-refractivity contribution in [1.29, 1.82) is 0 Å². The summed E-state index contributed by atoms with van der Waals surface area (Å²) in [5.74, 6) is 0.360. The molecule has 0 unspecified atom stereocenters. The van der Waals surface area contributed by atoms with Gasteiger partial charge in [0.05, 0.1) is 17.7 Å². The van der Waals surface area contributed by atoms with Gasteiger partial charge in [-0.25, -0.2) is 0 Å². The van der Waals surface area contributed by atoms with Gasteiger partial charge in [-0.05, 0) is 30.7 Å². The number of para-hydroxylation sites is 2. The zero-order chi connectivity index (χ0) is 17.2. The van der Waals surface area contributed by atoms with Gasteiger partial charge in [-0.15, -0.1) is 0 Å². The van der Waals surface area contributed by atoms with Gasteiger partial charge in [0.15, 0.2) is 5.78 Å². The Hall–Kier alpha value is -2.29. The van der Waals surface area contributed by atoms with E-state index in [2.05, 4.69) is 6.92 Å². The Morgan fingerprint density at radius 2 is 1.50 bits per heavy atom. The lowest BCUT2D eigenvalue weighted by Crippen LogP contribution is -2.06. The van der Waals surface area contributed by atoms with Crippen LogP contribution in [0.1, 0.15) is 61.4 Å². The van der Waals surface area contributed by atoms with Crippen molar-refractivity contribution in [2.75, 3.05) is 6.61 Å². The van der Waals surface area contributed by atoms with Crippen LogP contribution < -0.4 is 4.74 Å². The molecule has 2 rings (SSSR count). The molecule has 24 heavy (non-hydrogen) atoms. The molecule has 0 bridgehead atoms. The standard InChI is InChI=1S/C21H26O3/c1-2-3-4-5-6-11-16-24-20-15-10-8-13-18(20)21(23)17-12-7-9-14-19(17)22/h7-10,12-15,22H,2-6,11,16H2,1H3. The largest absolute Gasteiger partial charge is 0.507 e. The maximum atomic E-state index is 12.7. The lowest BCUT2D eigenvalue weighted by Gasteiger charge is -2.11. The lowest BCUT2D eigenvalue weighted by molar-refractivity contribution is 0.103. The molecular formula is C21H26O3. The summed E-state index contributed by atoms with van der Waals surface area (Å²) in [5.41, 5.74) is 0.790. The molecule has 0 saturated carbocycles. The first-order valence-corrected chi connectivity index (χ1v) is 8.78. The van der Waals surface area contributed by atoms with Crippen LogP contribution in [0.15, 0.2) is 48.5 Å². The molecule has 0 radical (unpaired) electrons. The van der Waals surface area contributed by atoms with E-state index >= 15 is 0 Å². The second kappa shape index (κ2) is 9.76. The molecule has 0 fully saturated rings. The number of carbonyl (C=O) groups is 1. The minimum absolute atomic E-state index is 0.00627. The SMILES string of the molecule is CCCCCCCCOc1ccccc1C(=O)c1ccccc1O. The molecular weight excluding hydrogens is 300 g/mol. The van der Waals surface area contributed by atoms with Crippen molar-refractivity contribution in [3.8, 4) is 11.5 Å². The Morgan fingerprint density at radius 3 is 2.25 bits per heavy atom. The average Bonchev–Trinajstić information content (AvgIpc) is 2.61. The molecule has 1 N–H and O–H groups in total. The number of hydrogen-bond donors (Lipinski definition) is 1. The highest BCUT2D eigenvalue weighted by atomic mass is 16.5. The molecule has 3 heteroatoms. The van der Waals surface area contributed by atoms with E-state index in [9.17, 15) is 9.90 Å². The Kier molecular flexibility index (Phi) is 7.34. The number of hydrogen-bond acceptors (Lipinski definition) is 3. The molecule has 0 aliphatic heterocycles. The predicted molar refractivity (Wildman–Crippen MR) is 96.9 cm³/mol. The van der Waals surface area contributed by atoms with Crippen LogP contribution in [0.3, 0.4) is 0 Å². The molecule has 0 aliphatic carbocycles. The van der Waals surface area contributed by atoms with Gasteiger partial charge in [0.25, 0.3) is 0 Å². The third kappa shape index (κ3) is 5.12. The molecule has 0 spiro atoms. The molecule has 2 aromatic rings. The van der Waals surface area contributed by atoms with Gasteiger partial charge in [0.1, 0.15) is 11.5 Å². The van der Waals surface area contributed by atoms with Crippen LogP contribution in [-0.2, 0) is 0 Å². The van der Waals surface area contributed by atoms with Crippen LogP contribution in [0.5, 0.6) is 11.5 Å². The van der Waals surface area contributed by atoms with E-state index in [-0.39, 0.29) is 11.5 Å². The number of ketones is 1. The maximum absolute atomic E-state index is 12.7. The highest BCUT2D eigenvalue weighted by Gasteiger charge is 2.17. The van der Waals surface area contributed by atoms with Crippen molar-refractivity contribution in [3.05, 3.63) is 59.7 Å². The quantitative estimate of drug-likeness (QED) is 0.472. The highest BCUT2D eigenvalue weighted by Crippen LogP contribution is 2.26. The number of aromatic hydroxyl groups is 1. The lowest BCUT2D eigenvalue weighted by atomic mass is 10.0. The number of phenolic OH excluding ortho intramolecular Hbond substituents is 1. The van der Waals surface area contributed by atoms with Crippen molar-refractivity contribution in [1.82, 2.24) is 0 Å². The minimum atomic E-state index is -0.216. The highest BCUT2D eigenvalue weighted by molar-refractivity contribution is 6.12. The smallest absolute Gasteiger partial charge is 0.200 e. The summed E-state index contributed by atoms with van der Waals surface area (Å²) < 4.78 is 5.82. The molecule has 0 aromatic heterocycles. The van der Waals surface area contributed by atoms with E-state index in [0.717, 1.165) is 12.8 Å². The van der Waals surface area contributed by atoms with Gasteiger partial charge in [-0.2, -0.15) is 0 Å². The zero-order valence-corrected chi connectivity index (χ0v) is 14.3. The van der Waals surface area contributed by atoms with E-state index in [1.165, 1.54) is 31.7 Å². The summed E-state index contributed by atoms with van der Waals surface area (Å²) in [7, 11) is 0. The molecule has 0 atom stereocenters. The van der Waals surface area contributed by atoms with Crippen LogP contribution in [0.25, 0.3) is 0 Å². The predicted octanol–water partition coefficient (Wildman–Crippen LogP) is 5.36. The number of rotatable bonds is 10. The van der Waals surface area contributed by atoms with E-state index < -0.39 is 0 Å². The van der Waals surface area contributed by atoms with Gasteiger partial charge in [0.2, 0.25) is 0 Å². The Morgan fingerprint density at radius 1 is 0.875 bits per heavy atom. The van der Waals surface area contributed by atoms with E-state index in [1.54, 1.807) is 24.3 Å². The topological polar surface area (TPSA) is 46.5 Å². The summed E-state index contributed by atoms with van der Waals surface area (Å²) in [6, 6.07) is 13.8. The van der Waals surface area contributed by atoms with Crippen LogP contribution >= 0.6 is 0 Å².